The van der Waals surface area contributed by atoms with Crippen molar-refractivity contribution in [3.63, 3.8) is 0 Å². The van der Waals surface area contributed by atoms with Gasteiger partial charge >= 0.3 is 0 Å². The van der Waals surface area contributed by atoms with E-state index in [0.717, 1.165) is 0 Å². The third-order valence-corrected chi connectivity index (χ3v) is 3.77. The standard InChI is InChI=1S/C13H8BrCl2FO/c14-8-4-7(5-9(17)6-8)13(18)10-2-1-3-11(15)12(10)16/h1-6,13,18H. The lowest BCUT2D eigenvalue weighted by molar-refractivity contribution is 0.220. The second-order valence-corrected chi connectivity index (χ2v) is 5.45. The normalized spacial score (nSPS) is 12.5. The summed E-state index contributed by atoms with van der Waals surface area (Å²) in [4.78, 5) is 0. The molecule has 0 saturated carbocycles. The SMILES string of the molecule is OC(c1cc(F)cc(Br)c1)c1cccc(Cl)c1Cl. The van der Waals surface area contributed by atoms with Gasteiger partial charge in [0.15, 0.2) is 0 Å². The highest BCUT2D eigenvalue weighted by molar-refractivity contribution is 9.10. The molecule has 0 aromatic heterocycles. The van der Waals surface area contributed by atoms with Crippen molar-refractivity contribution in [1.82, 2.24) is 0 Å². The van der Waals surface area contributed by atoms with Crippen LogP contribution in [0.2, 0.25) is 10.0 Å². The smallest absolute Gasteiger partial charge is 0.124 e. The first-order valence-electron chi connectivity index (χ1n) is 5.07. The van der Waals surface area contributed by atoms with Crippen LogP contribution in [0.5, 0.6) is 0 Å². The molecular weight excluding hydrogens is 342 g/mol. The summed E-state index contributed by atoms with van der Waals surface area (Å²) in [5, 5.41) is 10.8. The fourth-order valence-corrected chi connectivity index (χ4v) is 2.54. The summed E-state index contributed by atoms with van der Waals surface area (Å²) in [5.41, 5.74) is 0.854. The van der Waals surface area contributed by atoms with Gasteiger partial charge in [-0.1, -0.05) is 51.3 Å². The monoisotopic (exact) mass is 348 g/mol. The number of aliphatic hydroxyl groups excluding tert-OH is 1. The zero-order valence-electron chi connectivity index (χ0n) is 9.00. The molecule has 2 aromatic rings. The summed E-state index contributed by atoms with van der Waals surface area (Å²) < 4.78 is 13.8. The summed E-state index contributed by atoms with van der Waals surface area (Å²) in [6, 6.07) is 9.16. The first-order valence-corrected chi connectivity index (χ1v) is 6.62. The molecule has 0 aliphatic heterocycles. The zero-order valence-corrected chi connectivity index (χ0v) is 12.1. The van der Waals surface area contributed by atoms with Crippen molar-refractivity contribution in [2.75, 3.05) is 0 Å². The Kier molecular flexibility index (Phi) is 4.28. The van der Waals surface area contributed by atoms with Crippen LogP contribution in [0.4, 0.5) is 4.39 Å². The number of rotatable bonds is 2. The molecule has 0 bridgehead atoms. The minimum atomic E-state index is -1.02. The highest BCUT2D eigenvalue weighted by Gasteiger charge is 2.16. The molecule has 1 atom stereocenters. The number of hydrogen-bond acceptors (Lipinski definition) is 1. The lowest BCUT2D eigenvalue weighted by atomic mass is 10.0. The fraction of sp³-hybridized carbons (Fsp3) is 0.0769. The Morgan fingerprint density at radius 3 is 2.56 bits per heavy atom. The van der Waals surface area contributed by atoms with Crippen molar-refractivity contribution in [3.05, 3.63) is 67.9 Å². The van der Waals surface area contributed by atoms with Gasteiger partial charge in [0.1, 0.15) is 11.9 Å². The summed E-state index contributed by atoms with van der Waals surface area (Å²) in [6.07, 6.45) is -1.02. The van der Waals surface area contributed by atoms with Gasteiger partial charge in [0.2, 0.25) is 0 Å². The second kappa shape index (κ2) is 5.57. The maximum Gasteiger partial charge on any atom is 0.124 e. The van der Waals surface area contributed by atoms with E-state index >= 15 is 0 Å². The number of benzene rings is 2. The van der Waals surface area contributed by atoms with E-state index in [4.69, 9.17) is 23.2 Å². The van der Waals surface area contributed by atoms with E-state index in [1.807, 2.05) is 0 Å². The molecule has 1 unspecified atom stereocenters. The van der Waals surface area contributed by atoms with Gasteiger partial charge in [-0.05, 0) is 29.8 Å². The van der Waals surface area contributed by atoms with Gasteiger partial charge < -0.3 is 5.11 Å². The molecule has 2 rings (SSSR count). The van der Waals surface area contributed by atoms with Crippen molar-refractivity contribution in [2.24, 2.45) is 0 Å². The first-order chi connectivity index (χ1) is 8.49. The van der Waals surface area contributed by atoms with E-state index < -0.39 is 11.9 Å². The Morgan fingerprint density at radius 1 is 1.17 bits per heavy atom. The molecule has 2 aromatic carbocycles. The van der Waals surface area contributed by atoms with Gasteiger partial charge in [-0.2, -0.15) is 0 Å². The van der Waals surface area contributed by atoms with Crippen molar-refractivity contribution >= 4 is 39.1 Å². The Bertz CT molecular complexity index is 569. The molecule has 0 heterocycles. The molecule has 5 heteroatoms. The largest absolute Gasteiger partial charge is 0.384 e. The number of aliphatic hydroxyl groups is 1. The minimum absolute atomic E-state index is 0.270. The quantitative estimate of drug-likeness (QED) is 0.810. The molecule has 0 saturated heterocycles. The van der Waals surface area contributed by atoms with Crippen molar-refractivity contribution in [2.45, 2.75) is 6.10 Å². The number of hydrogen-bond donors (Lipinski definition) is 1. The molecule has 1 nitrogen and oxygen atoms in total. The Hall–Kier alpha value is -0.610. The summed E-state index contributed by atoms with van der Waals surface area (Å²) in [5.74, 6) is -0.434. The number of halogens is 4. The Balaban J connectivity index is 2.47. The molecule has 0 aliphatic rings. The van der Waals surface area contributed by atoms with E-state index in [-0.39, 0.29) is 5.02 Å². The van der Waals surface area contributed by atoms with Crippen LogP contribution in [0.3, 0.4) is 0 Å². The van der Waals surface area contributed by atoms with E-state index in [2.05, 4.69) is 15.9 Å². The predicted octanol–water partition coefficient (Wildman–Crippen LogP) is 4.98. The van der Waals surface area contributed by atoms with Crippen molar-refractivity contribution in [1.29, 1.82) is 0 Å². The average molecular weight is 350 g/mol. The van der Waals surface area contributed by atoms with Gasteiger partial charge in [0, 0.05) is 10.0 Å². The Morgan fingerprint density at radius 2 is 1.89 bits per heavy atom. The predicted molar refractivity (Wildman–Crippen MR) is 74.6 cm³/mol. The molecule has 0 radical (unpaired) electrons. The third-order valence-electron chi connectivity index (χ3n) is 2.48. The summed E-state index contributed by atoms with van der Waals surface area (Å²) in [7, 11) is 0. The van der Waals surface area contributed by atoms with E-state index in [1.54, 1.807) is 24.3 Å². The lowest BCUT2D eigenvalue weighted by Gasteiger charge is -2.14. The van der Waals surface area contributed by atoms with Crippen LogP contribution in [0.25, 0.3) is 0 Å². The molecular formula is C13H8BrCl2FO. The Labute approximate surface area is 122 Å². The van der Waals surface area contributed by atoms with E-state index in [1.165, 1.54) is 12.1 Å². The molecule has 0 amide bonds. The van der Waals surface area contributed by atoms with Crippen LogP contribution in [-0.4, -0.2) is 5.11 Å². The lowest BCUT2D eigenvalue weighted by Crippen LogP contribution is -2.01. The van der Waals surface area contributed by atoms with Crippen molar-refractivity contribution in [3.8, 4) is 0 Å². The van der Waals surface area contributed by atoms with Gasteiger partial charge in [-0.3, -0.25) is 0 Å². The molecule has 0 spiro atoms. The van der Waals surface area contributed by atoms with E-state index in [0.29, 0.717) is 20.6 Å². The van der Waals surface area contributed by atoms with E-state index in [9.17, 15) is 9.50 Å². The van der Waals surface area contributed by atoms with Gasteiger partial charge in [0.05, 0.1) is 10.0 Å². The van der Waals surface area contributed by atoms with Crippen LogP contribution in [-0.2, 0) is 0 Å². The molecule has 0 fully saturated rings. The second-order valence-electron chi connectivity index (χ2n) is 3.75. The maximum atomic E-state index is 13.3. The molecule has 94 valence electrons. The van der Waals surface area contributed by atoms with Gasteiger partial charge in [-0.25, -0.2) is 4.39 Å². The average Bonchev–Trinajstić information content (AvgIpc) is 2.30. The third kappa shape index (κ3) is 2.86. The van der Waals surface area contributed by atoms with Crippen LogP contribution in [0.1, 0.15) is 17.2 Å². The highest BCUT2D eigenvalue weighted by atomic mass is 79.9. The molecule has 18 heavy (non-hydrogen) atoms. The summed E-state index contributed by atoms with van der Waals surface area (Å²) in [6.45, 7) is 0. The fourth-order valence-electron chi connectivity index (χ4n) is 1.64. The van der Waals surface area contributed by atoms with Crippen LogP contribution < -0.4 is 0 Å². The highest BCUT2D eigenvalue weighted by Crippen LogP contribution is 2.34. The molecule has 1 N–H and O–H groups in total. The first kappa shape index (κ1) is 13.8. The van der Waals surface area contributed by atoms with Crippen molar-refractivity contribution < 1.29 is 9.50 Å². The van der Waals surface area contributed by atoms with Gasteiger partial charge in [-0.15, -0.1) is 0 Å². The zero-order chi connectivity index (χ0) is 13.3. The van der Waals surface area contributed by atoms with Crippen LogP contribution >= 0.6 is 39.1 Å². The van der Waals surface area contributed by atoms with Crippen LogP contribution in [0, 0.1) is 5.82 Å². The topological polar surface area (TPSA) is 20.2 Å². The summed E-state index contributed by atoms with van der Waals surface area (Å²) >= 11 is 15.1. The maximum absolute atomic E-state index is 13.3. The molecule has 0 aliphatic carbocycles. The minimum Gasteiger partial charge on any atom is -0.384 e. The van der Waals surface area contributed by atoms with Gasteiger partial charge in [0.25, 0.3) is 0 Å². The van der Waals surface area contributed by atoms with Crippen LogP contribution in [0.15, 0.2) is 40.9 Å².